The average Bonchev–Trinajstić information content (AvgIpc) is 4.16. The van der Waals surface area contributed by atoms with Gasteiger partial charge < -0.3 is 28.7 Å². The predicted molar refractivity (Wildman–Crippen MR) is 276 cm³/mol. The minimum absolute atomic E-state index is 0.0239. The topological polar surface area (TPSA) is 149 Å². The van der Waals surface area contributed by atoms with Gasteiger partial charge in [-0.1, -0.05) is 0 Å². The summed E-state index contributed by atoms with van der Waals surface area (Å²) in [6.45, 7) is 2.99. The van der Waals surface area contributed by atoms with Crippen molar-refractivity contribution < 1.29 is 27.7 Å². The van der Waals surface area contributed by atoms with E-state index in [0.29, 0.717) is 58.3 Å². The average molecular weight is 987 g/mol. The molecule has 0 spiro atoms. The van der Waals surface area contributed by atoms with Gasteiger partial charge in [-0.05, 0) is 104 Å². The van der Waals surface area contributed by atoms with E-state index in [-0.39, 0.29) is 47.3 Å². The first-order valence-corrected chi connectivity index (χ1v) is 24.7. The van der Waals surface area contributed by atoms with Gasteiger partial charge >= 0.3 is 11.4 Å². The van der Waals surface area contributed by atoms with Crippen LogP contribution in [0.3, 0.4) is 0 Å². The highest BCUT2D eigenvalue weighted by Crippen LogP contribution is 2.39. The Bertz CT molecular complexity index is 3110. The van der Waals surface area contributed by atoms with Gasteiger partial charge in [-0.25, -0.2) is 28.3 Å². The molecule has 8 aromatic rings. The molecule has 2 saturated carbocycles. The molecule has 0 aliphatic heterocycles. The summed E-state index contributed by atoms with van der Waals surface area (Å²) in [6, 6.07) is 13.6. The third-order valence-corrected chi connectivity index (χ3v) is 14.2. The number of rotatable bonds is 16. The van der Waals surface area contributed by atoms with Crippen molar-refractivity contribution in [1.82, 2.24) is 48.0 Å². The largest absolute Gasteiger partial charge is 0.478 e. The normalized spacial score (nSPS) is 18.1. The summed E-state index contributed by atoms with van der Waals surface area (Å²) in [4.78, 5) is 48.5. The Morgan fingerprint density at radius 1 is 0.583 bits per heavy atom. The molecule has 0 saturated heterocycles. The first kappa shape index (κ1) is 50.3. The van der Waals surface area contributed by atoms with Crippen molar-refractivity contribution in [1.29, 1.82) is 0 Å². The van der Waals surface area contributed by atoms with Gasteiger partial charge in [0.1, 0.15) is 11.6 Å². The van der Waals surface area contributed by atoms with Crippen LogP contribution in [0.5, 0.6) is 11.8 Å². The van der Waals surface area contributed by atoms with E-state index >= 15 is 8.78 Å². The van der Waals surface area contributed by atoms with E-state index in [1.54, 1.807) is 86.5 Å². The van der Waals surface area contributed by atoms with E-state index in [2.05, 4.69) is 29.7 Å². The van der Waals surface area contributed by atoms with Crippen LogP contribution in [0.25, 0.3) is 66.1 Å². The highest BCUT2D eigenvalue weighted by molar-refractivity contribution is 6.05. The van der Waals surface area contributed by atoms with Gasteiger partial charge in [0.2, 0.25) is 11.8 Å². The van der Waals surface area contributed by atoms with Gasteiger partial charge in [0.05, 0.1) is 70.9 Å². The standard InChI is InChI=1S/2C27H32FN5O3/c2*1-31(2)10-5-11-36-25-9-6-17(15-30-25)20-13-21-23(14-22(20)28)29-16-24-26(21)33(27(34)32(24)3)18-7-8-19(12-18)35-4/h2*6,9,13-16,18-19H,5,7-8,10-12H2,1-4H3/t2*18-,19-/m10/s1. The number of fused-ring (bicyclic) bond motifs is 6. The SMILES string of the molecule is CO[C@@H]1CC[C@@H](n2c(=O)n(C)c3cnc4cc(F)c(-c5ccc(OCCCN(C)C)nc5)cc4c32)C1.CO[C@H]1CC[C@H](n2c(=O)n(C)c3cnc4cc(F)c(-c5ccc(OCCCN(C)C)nc5)cc4c32)C1. The van der Waals surface area contributed by atoms with Gasteiger partial charge in [-0.2, -0.15) is 0 Å². The summed E-state index contributed by atoms with van der Waals surface area (Å²) in [6.07, 6.45) is 13.7. The number of ether oxygens (including phenoxy) is 4. The Labute approximate surface area is 416 Å². The molecule has 0 amide bonds. The minimum Gasteiger partial charge on any atom is -0.478 e. The van der Waals surface area contributed by atoms with Gasteiger partial charge in [-0.3, -0.25) is 28.2 Å². The summed E-state index contributed by atoms with van der Waals surface area (Å²) in [7, 11) is 15.0. The molecule has 2 aliphatic carbocycles. The first-order valence-electron chi connectivity index (χ1n) is 24.7. The molecule has 16 nitrogen and oxygen atoms in total. The van der Waals surface area contributed by atoms with Crippen LogP contribution < -0.4 is 20.9 Å². The summed E-state index contributed by atoms with van der Waals surface area (Å²) in [5.41, 5.74) is 5.95. The molecule has 2 aromatic carbocycles. The fourth-order valence-corrected chi connectivity index (χ4v) is 10.3. The fourth-order valence-electron chi connectivity index (χ4n) is 10.3. The van der Waals surface area contributed by atoms with E-state index in [9.17, 15) is 9.59 Å². The minimum atomic E-state index is -0.388. The third-order valence-electron chi connectivity index (χ3n) is 14.2. The van der Waals surface area contributed by atoms with Crippen LogP contribution in [0.4, 0.5) is 8.78 Å². The van der Waals surface area contributed by atoms with Crippen molar-refractivity contribution in [3.8, 4) is 34.0 Å². The second kappa shape index (κ2) is 21.6. The maximum absolute atomic E-state index is 15.2. The lowest BCUT2D eigenvalue weighted by atomic mass is 10.0. The van der Waals surface area contributed by atoms with Crippen molar-refractivity contribution >= 4 is 43.9 Å². The zero-order valence-electron chi connectivity index (χ0n) is 42.4. The monoisotopic (exact) mass is 986 g/mol. The Balaban J connectivity index is 0.000000178. The number of methoxy groups -OCH3 is 2. The van der Waals surface area contributed by atoms with E-state index < -0.39 is 0 Å². The van der Waals surface area contributed by atoms with E-state index in [1.807, 2.05) is 49.5 Å². The van der Waals surface area contributed by atoms with Gasteiger partial charge in [0, 0.05) is 123 Å². The van der Waals surface area contributed by atoms with E-state index in [0.717, 1.165) is 97.3 Å². The van der Waals surface area contributed by atoms with Crippen molar-refractivity contribution in [2.75, 3.05) is 68.7 Å². The lowest BCUT2D eigenvalue weighted by Gasteiger charge is -2.14. The van der Waals surface area contributed by atoms with Crippen molar-refractivity contribution in [3.05, 3.63) is 106 Å². The molecular weight excluding hydrogens is 923 g/mol. The van der Waals surface area contributed by atoms with Crippen LogP contribution in [0, 0.1) is 11.6 Å². The van der Waals surface area contributed by atoms with Gasteiger partial charge in [-0.15, -0.1) is 0 Å². The fraction of sp³-hybridized carbons (Fsp3) is 0.444. The summed E-state index contributed by atoms with van der Waals surface area (Å²) < 4.78 is 59.9. The number of nitrogens with zero attached hydrogens (tertiary/aromatic N) is 10. The molecule has 4 atom stereocenters. The summed E-state index contributed by atoms with van der Waals surface area (Å²) in [5.74, 6) is 0.240. The van der Waals surface area contributed by atoms with Crippen LogP contribution in [-0.4, -0.2) is 129 Å². The molecule has 0 N–H and O–H groups in total. The zero-order chi connectivity index (χ0) is 50.8. The van der Waals surface area contributed by atoms with E-state index in [1.165, 1.54) is 12.1 Å². The molecule has 0 radical (unpaired) electrons. The lowest BCUT2D eigenvalue weighted by molar-refractivity contribution is 0.105. The number of imidazole rings is 2. The molecule has 6 heterocycles. The Hall–Kier alpha value is -6.60. The molecule has 0 bridgehead atoms. The molecule has 10 rings (SSSR count). The number of hydrogen-bond donors (Lipinski definition) is 0. The number of halogens is 2. The van der Waals surface area contributed by atoms with Crippen LogP contribution in [0.2, 0.25) is 0 Å². The second-order valence-corrected chi connectivity index (χ2v) is 19.5. The number of pyridine rings is 4. The predicted octanol–water partition coefficient (Wildman–Crippen LogP) is 8.32. The molecule has 0 unspecified atom stereocenters. The number of aryl methyl sites for hydroxylation is 2. The molecule has 2 fully saturated rings. The van der Waals surface area contributed by atoms with Crippen LogP contribution in [-0.2, 0) is 23.6 Å². The van der Waals surface area contributed by atoms with Crippen molar-refractivity contribution in [2.45, 2.75) is 75.7 Å². The molecule has 18 heteroatoms. The number of benzene rings is 2. The van der Waals surface area contributed by atoms with Gasteiger partial charge in [0.15, 0.2) is 0 Å². The quantitative estimate of drug-likeness (QED) is 0.0858. The molecule has 72 heavy (non-hydrogen) atoms. The van der Waals surface area contributed by atoms with Crippen LogP contribution in [0.15, 0.2) is 82.9 Å². The summed E-state index contributed by atoms with van der Waals surface area (Å²) in [5, 5.41) is 1.48. The highest BCUT2D eigenvalue weighted by atomic mass is 19.1. The maximum atomic E-state index is 15.2. The number of aromatic nitrogens is 8. The second-order valence-electron chi connectivity index (χ2n) is 19.5. The summed E-state index contributed by atoms with van der Waals surface area (Å²) >= 11 is 0. The van der Waals surface area contributed by atoms with Gasteiger partial charge in [0.25, 0.3) is 0 Å². The highest BCUT2D eigenvalue weighted by Gasteiger charge is 2.32. The Morgan fingerprint density at radius 2 is 1.00 bits per heavy atom. The first-order chi connectivity index (χ1) is 34.7. The maximum Gasteiger partial charge on any atom is 0.329 e. The Kier molecular flexibility index (Phi) is 15.1. The molecule has 2 aliphatic rings. The van der Waals surface area contributed by atoms with Crippen LogP contribution >= 0.6 is 0 Å². The van der Waals surface area contributed by atoms with E-state index in [4.69, 9.17) is 18.9 Å². The molecule has 380 valence electrons. The zero-order valence-corrected chi connectivity index (χ0v) is 42.4. The van der Waals surface area contributed by atoms with Crippen molar-refractivity contribution in [3.63, 3.8) is 0 Å². The third kappa shape index (κ3) is 10.2. The van der Waals surface area contributed by atoms with Crippen LogP contribution in [0.1, 0.15) is 63.5 Å². The number of hydrogen-bond acceptors (Lipinski definition) is 12. The smallest absolute Gasteiger partial charge is 0.329 e. The lowest BCUT2D eigenvalue weighted by Crippen LogP contribution is -2.25. The van der Waals surface area contributed by atoms with Crippen molar-refractivity contribution in [2.24, 2.45) is 14.1 Å². The Morgan fingerprint density at radius 3 is 1.35 bits per heavy atom. The molecule has 6 aromatic heterocycles. The molecular formula is C54H64F2N10O6.